The molecule has 2 aromatic heterocycles. The van der Waals surface area contributed by atoms with Crippen LogP contribution in [0.3, 0.4) is 0 Å². The van der Waals surface area contributed by atoms with E-state index in [2.05, 4.69) is 26.0 Å². The molecule has 0 radical (unpaired) electrons. The van der Waals surface area contributed by atoms with Gasteiger partial charge in [-0.05, 0) is 19.1 Å². The van der Waals surface area contributed by atoms with E-state index in [-0.39, 0.29) is 17.6 Å². The number of aryl methyl sites for hydroxylation is 1. The van der Waals surface area contributed by atoms with E-state index in [1.165, 1.54) is 25.1 Å². The smallest absolute Gasteiger partial charge is 0.264 e. The van der Waals surface area contributed by atoms with Crippen LogP contribution in [0.25, 0.3) is 0 Å². The number of methoxy groups -OCH3 is 2. The molecule has 0 aliphatic carbocycles. The number of carbonyl (C=O) groups excluding carboxylic acids is 1. The van der Waals surface area contributed by atoms with E-state index < -0.39 is 0 Å². The highest BCUT2D eigenvalue weighted by atomic mass is 32.2. The van der Waals surface area contributed by atoms with Crippen molar-refractivity contribution in [2.75, 3.05) is 36.6 Å². The normalized spacial score (nSPS) is 10.9. The summed E-state index contributed by atoms with van der Waals surface area (Å²) in [6.45, 7) is 1.84. The minimum Gasteiger partial charge on any atom is -0.497 e. The van der Waals surface area contributed by atoms with E-state index >= 15 is 0 Å². The van der Waals surface area contributed by atoms with Crippen LogP contribution in [-0.4, -0.2) is 47.0 Å². The summed E-state index contributed by atoms with van der Waals surface area (Å²) in [5.74, 6) is 8.49. The molecule has 0 spiro atoms. The Balaban J connectivity index is 1.54. The van der Waals surface area contributed by atoms with Gasteiger partial charge in [0.15, 0.2) is 0 Å². The molecule has 11 nitrogen and oxygen atoms in total. The van der Waals surface area contributed by atoms with Crippen LogP contribution < -0.4 is 26.1 Å². The number of hydrogen-bond donors (Lipinski definition) is 3. The molecule has 158 valence electrons. The summed E-state index contributed by atoms with van der Waals surface area (Å²) in [7, 11) is 3.07. The van der Waals surface area contributed by atoms with Crippen LogP contribution in [0.2, 0.25) is 0 Å². The summed E-state index contributed by atoms with van der Waals surface area (Å²) in [5.41, 5.74) is 3.23. The molecule has 12 heteroatoms. The fraction of sp³-hybridized carbons (Fsp3) is 0.222. The van der Waals surface area contributed by atoms with Crippen LogP contribution in [0.15, 0.2) is 45.0 Å². The Labute approximate surface area is 176 Å². The number of nitrogens with zero attached hydrogens (tertiary/aromatic N) is 4. The fourth-order valence-corrected chi connectivity index (χ4v) is 2.99. The molecule has 0 atom stereocenters. The zero-order chi connectivity index (χ0) is 21.5. The summed E-state index contributed by atoms with van der Waals surface area (Å²) < 4.78 is 17.0. The predicted octanol–water partition coefficient (Wildman–Crippen LogP) is 2.09. The summed E-state index contributed by atoms with van der Waals surface area (Å²) in [4.78, 5) is 12.3. The van der Waals surface area contributed by atoms with E-state index in [9.17, 15) is 4.79 Å². The lowest BCUT2D eigenvalue weighted by atomic mass is 10.2. The third-order valence-electron chi connectivity index (χ3n) is 3.75. The molecule has 3 aromatic rings. The number of amides is 1. The van der Waals surface area contributed by atoms with Crippen molar-refractivity contribution in [3.63, 3.8) is 0 Å². The number of hydrogen-bond acceptors (Lipinski definition) is 10. The maximum absolute atomic E-state index is 12.3. The van der Waals surface area contributed by atoms with Crippen molar-refractivity contribution in [3.8, 4) is 11.5 Å². The molecular weight excluding hydrogens is 410 g/mol. The number of nitrogen functional groups attached to an aromatic ring is 1. The molecule has 0 aliphatic rings. The largest absolute Gasteiger partial charge is 0.497 e. The molecule has 30 heavy (non-hydrogen) atoms. The Bertz CT molecular complexity index is 1020. The second-order valence-corrected chi connectivity index (χ2v) is 6.88. The Kier molecular flexibility index (Phi) is 6.80. The maximum atomic E-state index is 12.3. The summed E-state index contributed by atoms with van der Waals surface area (Å²) in [6.07, 6.45) is 1.49. The van der Waals surface area contributed by atoms with E-state index in [1.54, 1.807) is 24.3 Å². The van der Waals surface area contributed by atoms with Crippen LogP contribution in [-0.2, 0) is 4.79 Å². The van der Waals surface area contributed by atoms with Gasteiger partial charge in [-0.25, -0.2) is 10.1 Å². The van der Waals surface area contributed by atoms with Gasteiger partial charge in [-0.1, -0.05) is 11.8 Å². The number of thioether (sulfide) groups is 1. The number of carbonyl (C=O) groups is 1. The van der Waals surface area contributed by atoms with Gasteiger partial charge in [-0.3, -0.25) is 4.79 Å². The molecule has 4 N–H and O–H groups in total. The number of rotatable bonds is 9. The molecule has 0 aliphatic heterocycles. The molecule has 1 amide bonds. The lowest BCUT2D eigenvalue weighted by Gasteiger charge is -2.09. The number of nitrogens with one attached hydrogen (secondary N) is 2. The summed E-state index contributed by atoms with van der Waals surface area (Å²) >= 11 is 1.13. The average molecular weight is 431 g/mol. The fourth-order valence-electron chi connectivity index (χ4n) is 2.33. The highest BCUT2D eigenvalue weighted by Crippen LogP contribution is 2.26. The summed E-state index contributed by atoms with van der Waals surface area (Å²) in [5, 5.41) is 15.0. The lowest BCUT2D eigenvalue weighted by molar-refractivity contribution is -0.113. The zero-order valence-corrected chi connectivity index (χ0v) is 17.4. The minimum atomic E-state index is -0.251. The summed E-state index contributed by atoms with van der Waals surface area (Å²) in [6, 6.07) is 8.71. The van der Waals surface area contributed by atoms with Crippen LogP contribution >= 0.6 is 11.8 Å². The number of ether oxygens (including phenoxy) is 2. The van der Waals surface area contributed by atoms with Gasteiger partial charge in [-0.2, -0.15) is 5.10 Å². The Morgan fingerprint density at radius 1 is 1.27 bits per heavy atom. The lowest BCUT2D eigenvalue weighted by Crippen LogP contribution is -2.17. The standard InChI is InChI=1S/C18H21N7O4S/c1-11-4-5-13(29-11)9-20-22-17-23-24-18(25(17)19)30-10-16(26)21-12-6-14(27-2)8-15(7-12)28-3/h4-9H,10,19H2,1-3H3,(H,21,26)(H,22,23)/b20-9+. The Morgan fingerprint density at radius 2 is 2.00 bits per heavy atom. The topological polar surface area (TPSA) is 142 Å². The monoisotopic (exact) mass is 431 g/mol. The van der Waals surface area contributed by atoms with E-state index in [4.69, 9.17) is 19.7 Å². The zero-order valence-electron chi connectivity index (χ0n) is 16.6. The quantitative estimate of drug-likeness (QED) is 0.201. The number of anilines is 2. The van der Waals surface area contributed by atoms with Crippen LogP contribution in [0.4, 0.5) is 11.6 Å². The molecule has 0 saturated carbocycles. The van der Waals surface area contributed by atoms with Crippen molar-refractivity contribution >= 4 is 35.5 Å². The molecule has 2 heterocycles. The van der Waals surface area contributed by atoms with E-state index in [1.807, 2.05) is 13.0 Å². The first-order valence-corrected chi connectivity index (χ1v) is 9.68. The first-order valence-electron chi connectivity index (χ1n) is 8.70. The molecule has 0 unspecified atom stereocenters. The van der Waals surface area contributed by atoms with Gasteiger partial charge in [0.2, 0.25) is 11.1 Å². The third-order valence-corrected chi connectivity index (χ3v) is 4.69. The highest BCUT2D eigenvalue weighted by molar-refractivity contribution is 7.99. The van der Waals surface area contributed by atoms with Gasteiger partial charge in [-0.15, -0.1) is 10.2 Å². The van der Waals surface area contributed by atoms with Crippen molar-refractivity contribution in [1.82, 2.24) is 14.9 Å². The Hall–Kier alpha value is -3.67. The van der Waals surface area contributed by atoms with Crippen LogP contribution in [0.1, 0.15) is 11.5 Å². The average Bonchev–Trinajstić information content (AvgIpc) is 3.31. The second-order valence-electron chi connectivity index (χ2n) is 5.93. The van der Waals surface area contributed by atoms with Gasteiger partial charge >= 0.3 is 0 Å². The van der Waals surface area contributed by atoms with Crippen molar-refractivity contribution in [2.45, 2.75) is 12.1 Å². The van der Waals surface area contributed by atoms with Crippen LogP contribution in [0, 0.1) is 6.92 Å². The first kappa shape index (κ1) is 21.0. The van der Waals surface area contributed by atoms with Gasteiger partial charge in [0, 0.05) is 23.9 Å². The van der Waals surface area contributed by atoms with Crippen molar-refractivity contribution in [3.05, 3.63) is 41.9 Å². The maximum Gasteiger partial charge on any atom is 0.264 e. The molecule has 0 bridgehead atoms. The molecular formula is C18H21N7O4S. The number of benzene rings is 1. The van der Waals surface area contributed by atoms with Crippen molar-refractivity contribution < 1.29 is 18.7 Å². The van der Waals surface area contributed by atoms with Crippen LogP contribution in [0.5, 0.6) is 11.5 Å². The van der Waals surface area contributed by atoms with Crippen molar-refractivity contribution in [2.24, 2.45) is 5.10 Å². The van der Waals surface area contributed by atoms with Gasteiger partial charge < -0.3 is 25.1 Å². The van der Waals surface area contributed by atoms with Gasteiger partial charge in [0.1, 0.15) is 23.0 Å². The van der Waals surface area contributed by atoms with Crippen molar-refractivity contribution in [1.29, 1.82) is 0 Å². The van der Waals surface area contributed by atoms with Gasteiger partial charge in [0.05, 0.1) is 26.2 Å². The predicted molar refractivity (Wildman–Crippen MR) is 114 cm³/mol. The number of furan rings is 1. The highest BCUT2D eigenvalue weighted by Gasteiger charge is 2.13. The molecule has 0 fully saturated rings. The number of hydrazone groups is 1. The SMILES string of the molecule is COc1cc(NC(=O)CSc2nnc(N/N=C/c3ccc(C)o3)n2N)cc(OC)c1. The molecule has 3 rings (SSSR count). The number of aromatic nitrogens is 3. The Morgan fingerprint density at radius 3 is 2.63 bits per heavy atom. The first-order chi connectivity index (χ1) is 14.5. The van der Waals surface area contributed by atoms with E-state index in [0.29, 0.717) is 28.1 Å². The van der Waals surface area contributed by atoms with E-state index in [0.717, 1.165) is 17.5 Å². The van der Waals surface area contributed by atoms with Gasteiger partial charge in [0.25, 0.3) is 5.95 Å². The number of nitrogens with two attached hydrogens (primary N) is 1. The third kappa shape index (κ3) is 5.44. The minimum absolute atomic E-state index is 0.0732. The second kappa shape index (κ2) is 9.69. The molecule has 0 saturated heterocycles. The molecule has 1 aromatic carbocycles.